The highest BCUT2D eigenvalue weighted by molar-refractivity contribution is 7.84. The first-order valence-corrected chi connectivity index (χ1v) is 10.8. The third-order valence-corrected chi connectivity index (χ3v) is 7.44. The molecule has 8 heteroatoms. The molecular formula is C18H24N4O3S. The second-order valence-electron chi connectivity index (χ2n) is 7.68. The summed E-state index contributed by atoms with van der Waals surface area (Å²) in [6, 6.07) is 0.293. The zero-order valence-corrected chi connectivity index (χ0v) is 15.8. The number of hydrogen-bond acceptors (Lipinski definition) is 6. The minimum absolute atomic E-state index is 0.0584. The zero-order chi connectivity index (χ0) is 17.7. The van der Waals surface area contributed by atoms with Crippen LogP contribution < -0.4 is 0 Å². The van der Waals surface area contributed by atoms with Crippen molar-refractivity contribution in [2.24, 2.45) is 11.8 Å². The van der Waals surface area contributed by atoms with Crippen molar-refractivity contribution in [3.8, 4) is 0 Å². The second kappa shape index (κ2) is 6.65. The topological polar surface area (TPSA) is 79.1 Å². The van der Waals surface area contributed by atoms with E-state index in [1.165, 1.54) is 6.42 Å². The van der Waals surface area contributed by atoms with Crippen molar-refractivity contribution in [1.82, 2.24) is 19.5 Å². The number of rotatable bonds is 3. The highest BCUT2D eigenvalue weighted by Gasteiger charge is 2.42. The molecule has 0 aromatic carbocycles. The Morgan fingerprint density at radius 3 is 3.12 bits per heavy atom. The average molecular weight is 376 g/mol. The van der Waals surface area contributed by atoms with Crippen LogP contribution in [0, 0.1) is 18.8 Å². The van der Waals surface area contributed by atoms with Crippen molar-refractivity contribution in [1.29, 1.82) is 0 Å². The summed E-state index contributed by atoms with van der Waals surface area (Å²) in [6.45, 7) is 3.42. The van der Waals surface area contributed by atoms with Crippen molar-refractivity contribution < 1.29 is 13.7 Å². The molecular weight excluding hydrogens is 352 g/mol. The van der Waals surface area contributed by atoms with Gasteiger partial charge in [0.05, 0.1) is 23.1 Å². The summed E-state index contributed by atoms with van der Waals surface area (Å²) in [6.07, 6.45) is 6.85. The maximum Gasteiger partial charge on any atom is 0.201 e. The first-order valence-electron chi connectivity index (χ1n) is 9.52. The van der Waals surface area contributed by atoms with E-state index in [2.05, 4.69) is 19.5 Å². The molecule has 2 unspecified atom stereocenters. The molecule has 0 spiro atoms. The summed E-state index contributed by atoms with van der Waals surface area (Å²) >= 11 is 0. The van der Waals surface area contributed by atoms with E-state index in [0.29, 0.717) is 35.4 Å². The van der Waals surface area contributed by atoms with Crippen LogP contribution in [0.25, 0.3) is 11.2 Å². The molecule has 2 aromatic heterocycles. The Morgan fingerprint density at radius 2 is 2.27 bits per heavy atom. The minimum atomic E-state index is -1.10. The van der Waals surface area contributed by atoms with E-state index < -0.39 is 10.8 Å². The Hall–Kier alpha value is -1.38. The highest BCUT2D eigenvalue weighted by Crippen LogP contribution is 2.45. The van der Waals surface area contributed by atoms with Gasteiger partial charge in [0, 0.05) is 18.4 Å². The van der Waals surface area contributed by atoms with Gasteiger partial charge in [-0.2, -0.15) is 0 Å². The second-order valence-corrected chi connectivity index (χ2v) is 9.07. The standard InChI is InChI=1S/C18H24N4O3S/c1-11-16-17(20-10-19-11)22-14-6-12(8-25-15-4-2-3-5-24-15)13(7-14)9-26(23)18(22)21-16/h10,12-15H,2-9H2,1H3/t12-,13+,14-,15?,26?/m0/s1. The molecule has 0 amide bonds. The minimum Gasteiger partial charge on any atom is -0.353 e. The van der Waals surface area contributed by atoms with Crippen LogP contribution in [0.5, 0.6) is 0 Å². The molecule has 1 saturated heterocycles. The summed E-state index contributed by atoms with van der Waals surface area (Å²) in [7, 11) is -1.10. The van der Waals surface area contributed by atoms with Gasteiger partial charge in [0.2, 0.25) is 5.16 Å². The molecule has 7 nitrogen and oxygen atoms in total. The predicted octanol–water partition coefficient (Wildman–Crippen LogP) is 2.37. The summed E-state index contributed by atoms with van der Waals surface area (Å²) in [4.78, 5) is 13.3. The summed E-state index contributed by atoms with van der Waals surface area (Å²) < 4.78 is 26.8. The molecule has 140 valence electrons. The fraction of sp³-hybridized carbons (Fsp3) is 0.722. The lowest BCUT2D eigenvalue weighted by atomic mass is 9.99. The van der Waals surface area contributed by atoms with Crippen molar-refractivity contribution in [2.45, 2.75) is 56.5 Å². The monoisotopic (exact) mass is 376 g/mol. The van der Waals surface area contributed by atoms with Crippen LogP contribution in [0.3, 0.4) is 0 Å². The van der Waals surface area contributed by atoms with Crippen LogP contribution in [0.1, 0.15) is 43.8 Å². The lowest BCUT2D eigenvalue weighted by Gasteiger charge is -2.26. The molecule has 2 aromatic rings. The van der Waals surface area contributed by atoms with E-state index >= 15 is 0 Å². The molecule has 1 aliphatic carbocycles. The fourth-order valence-electron chi connectivity index (χ4n) is 4.63. The van der Waals surface area contributed by atoms with E-state index in [4.69, 9.17) is 9.47 Å². The van der Waals surface area contributed by atoms with Gasteiger partial charge < -0.3 is 9.47 Å². The first-order chi connectivity index (χ1) is 12.7. The van der Waals surface area contributed by atoms with E-state index in [-0.39, 0.29) is 6.29 Å². The van der Waals surface area contributed by atoms with Gasteiger partial charge in [-0.3, -0.25) is 8.78 Å². The molecule has 0 N–H and O–H groups in total. The lowest BCUT2D eigenvalue weighted by molar-refractivity contribution is -0.170. The molecule has 0 radical (unpaired) electrons. The van der Waals surface area contributed by atoms with Crippen molar-refractivity contribution in [2.75, 3.05) is 19.0 Å². The Morgan fingerprint density at radius 1 is 1.35 bits per heavy atom. The van der Waals surface area contributed by atoms with Crippen LogP contribution in [0.2, 0.25) is 0 Å². The van der Waals surface area contributed by atoms with Gasteiger partial charge in [-0.15, -0.1) is 0 Å². The molecule has 1 saturated carbocycles. The fourth-order valence-corrected chi connectivity index (χ4v) is 6.23. The van der Waals surface area contributed by atoms with E-state index in [0.717, 1.165) is 49.1 Å². The van der Waals surface area contributed by atoms with E-state index in [9.17, 15) is 4.21 Å². The lowest BCUT2D eigenvalue weighted by Crippen LogP contribution is -2.28. The number of aromatic nitrogens is 4. The maximum absolute atomic E-state index is 12.9. The average Bonchev–Trinajstić information content (AvgIpc) is 3.19. The van der Waals surface area contributed by atoms with Gasteiger partial charge in [0.25, 0.3) is 0 Å². The molecule has 3 aliphatic rings. The van der Waals surface area contributed by atoms with Gasteiger partial charge in [-0.25, -0.2) is 15.0 Å². The predicted molar refractivity (Wildman–Crippen MR) is 96.1 cm³/mol. The van der Waals surface area contributed by atoms with Crippen molar-refractivity contribution >= 4 is 22.0 Å². The number of fused-ring (bicyclic) bond motifs is 6. The number of nitrogens with zero attached hydrogens (tertiary/aromatic N) is 4. The van der Waals surface area contributed by atoms with E-state index in [1.54, 1.807) is 6.33 Å². The van der Waals surface area contributed by atoms with Gasteiger partial charge >= 0.3 is 0 Å². The molecule has 5 rings (SSSR count). The molecule has 26 heavy (non-hydrogen) atoms. The Balaban J connectivity index is 1.40. The Bertz CT molecular complexity index is 848. The smallest absolute Gasteiger partial charge is 0.201 e. The third-order valence-electron chi connectivity index (χ3n) is 6.01. The van der Waals surface area contributed by atoms with Crippen molar-refractivity contribution in [3.05, 3.63) is 12.0 Å². The van der Waals surface area contributed by atoms with E-state index in [1.807, 2.05) is 6.92 Å². The van der Waals surface area contributed by atoms with Crippen molar-refractivity contribution in [3.63, 3.8) is 0 Å². The van der Waals surface area contributed by atoms with Crippen LogP contribution in [-0.2, 0) is 20.3 Å². The Labute approximate surface area is 155 Å². The molecule has 2 aliphatic heterocycles. The van der Waals surface area contributed by atoms with Crippen LogP contribution in [0.4, 0.5) is 0 Å². The van der Waals surface area contributed by atoms with Gasteiger partial charge in [0.1, 0.15) is 11.8 Å². The van der Waals surface area contributed by atoms with Crippen LogP contribution >= 0.6 is 0 Å². The third kappa shape index (κ3) is 2.78. The highest BCUT2D eigenvalue weighted by atomic mass is 32.2. The van der Waals surface area contributed by atoms with Gasteiger partial charge in [-0.1, -0.05) is 0 Å². The summed E-state index contributed by atoms with van der Waals surface area (Å²) in [5, 5.41) is 0.672. The number of imidazole rings is 1. The normalized spacial score (nSPS) is 34.0. The SMILES string of the molecule is Cc1ncnc2c1nc1n2[C@H]2C[C@@H](COC3CCCCO3)[C@H](C2)CS1=O. The molecule has 2 bridgehead atoms. The first kappa shape index (κ1) is 16.8. The molecule has 4 heterocycles. The number of aryl methyl sites for hydroxylation is 1. The van der Waals surface area contributed by atoms with Gasteiger partial charge in [-0.05, 0) is 50.9 Å². The van der Waals surface area contributed by atoms with Crippen LogP contribution in [0.15, 0.2) is 11.5 Å². The zero-order valence-electron chi connectivity index (χ0n) is 15.0. The number of hydrogen-bond donors (Lipinski definition) is 0. The van der Waals surface area contributed by atoms with Crippen LogP contribution in [-0.4, -0.2) is 49.0 Å². The number of ether oxygens (including phenoxy) is 2. The molecule has 2 fully saturated rings. The van der Waals surface area contributed by atoms with Gasteiger partial charge in [0.15, 0.2) is 11.9 Å². The summed E-state index contributed by atoms with van der Waals surface area (Å²) in [5.41, 5.74) is 2.45. The maximum atomic E-state index is 12.9. The molecule has 5 atom stereocenters. The Kier molecular flexibility index (Phi) is 4.29. The summed E-state index contributed by atoms with van der Waals surface area (Å²) in [5.74, 6) is 1.48. The quantitative estimate of drug-likeness (QED) is 0.818. The largest absolute Gasteiger partial charge is 0.353 e.